The monoisotopic (exact) mass is 485 g/mol. The summed E-state index contributed by atoms with van der Waals surface area (Å²) in [7, 11) is -4.87. The highest BCUT2D eigenvalue weighted by Gasteiger charge is 2.49. The highest BCUT2D eigenvalue weighted by molar-refractivity contribution is 7.87. The van der Waals surface area contributed by atoms with Gasteiger partial charge in [0.25, 0.3) is 0 Å². The molecule has 15 heteroatoms. The van der Waals surface area contributed by atoms with E-state index >= 15 is 0 Å². The molecule has 0 aliphatic heterocycles. The molecule has 3 aromatic rings. The van der Waals surface area contributed by atoms with Crippen LogP contribution in [0.15, 0.2) is 30.3 Å². The van der Waals surface area contributed by atoms with Gasteiger partial charge in [-0.25, -0.2) is 9.36 Å². The third-order valence-corrected chi connectivity index (χ3v) is 5.12. The lowest BCUT2D eigenvalue weighted by atomic mass is 10.1. The van der Waals surface area contributed by atoms with Gasteiger partial charge in [0, 0.05) is 24.1 Å². The number of carbonyl (C=O) groups is 1. The number of ether oxygens (including phenoxy) is 1. The summed E-state index contributed by atoms with van der Waals surface area (Å²) >= 11 is 0. The van der Waals surface area contributed by atoms with Gasteiger partial charge in [0.1, 0.15) is 0 Å². The quantitative estimate of drug-likeness (QED) is 0.311. The number of hydrogen-bond donors (Lipinski definition) is 0. The second-order valence-electron chi connectivity index (χ2n) is 6.31. The molecule has 0 N–H and O–H groups in total. The fourth-order valence-electron chi connectivity index (χ4n) is 2.82. The van der Waals surface area contributed by atoms with Crippen molar-refractivity contribution in [3.8, 4) is 17.1 Å². The van der Waals surface area contributed by atoms with Crippen molar-refractivity contribution >= 4 is 27.1 Å². The van der Waals surface area contributed by atoms with Crippen LogP contribution in [0.2, 0.25) is 0 Å². The molecular formula is C17H13F6N3O5S. The van der Waals surface area contributed by atoms with Gasteiger partial charge in [-0.05, 0) is 25.1 Å². The van der Waals surface area contributed by atoms with Crippen LogP contribution in [0, 0.1) is 0 Å². The molecule has 1 aromatic carbocycles. The molecular weight excluding hydrogens is 472 g/mol. The number of alkyl halides is 6. The Morgan fingerprint density at radius 3 is 2.28 bits per heavy atom. The van der Waals surface area contributed by atoms with Gasteiger partial charge in [-0.15, -0.1) is 0 Å². The van der Waals surface area contributed by atoms with Crippen molar-refractivity contribution in [2.24, 2.45) is 7.05 Å². The number of carbonyl (C=O) groups excluding carboxylic acids is 1. The Bertz CT molecular complexity index is 1290. The fraction of sp³-hybridized carbons (Fsp3) is 0.294. The maximum absolute atomic E-state index is 12.9. The minimum Gasteiger partial charge on any atom is -0.449 e. The molecule has 32 heavy (non-hydrogen) atoms. The van der Waals surface area contributed by atoms with E-state index < -0.39 is 39.5 Å². The topological polar surface area (TPSA) is 92.4 Å². The fourth-order valence-corrected chi connectivity index (χ4v) is 3.26. The first-order valence-electron chi connectivity index (χ1n) is 8.60. The number of hydrogen-bond acceptors (Lipinski definition) is 6. The molecule has 3 rings (SSSR count). The highest BCUT2D eigenvalue weighted by Crippen LogP contribution is 2.35. The number of halogens is 6. The Labute approximate surface area is 176 Å². The zero-order valence-electron chi connectivity index (χ0n) is 16.2. The summed E-state index contributed by atoms with van der Waals surface area (Å²) in [6, 6.07) is 5.27. The number of nitrogens with zero attached hydrogens (tertiary/aromatic N) is 3. The van der Waals surface area contributed by atoms with E-state index in [0.717, 1.165) is 16.8 Å². The highest BCUT2D eigenvalue weighted by atomic mass is 32.2. The van der Waals surface area contributed by atoms with E-state index in [9.17, 15) is 39.6 Å². The van der Waals surface area contributed by atoms with Crippen LogP contribution in [0.3, 0.4) is 0 Å². The number of aromatic nitrogens is 3. The summed E-state index contributed by atoms with van der Waals surface area (Å²) in [5.41, 5.74) is -6.86. The van der Waals surface area contributed by atoms with Crippen LogP contribution >= 0.6 is 0 Å². The molecule has 0 aliphatic rings. The number of aryl methyl sites for hydroxylation is 1. The van der Waals surface area contributed by atoms with E-state index in [1.807, 2.05) is 0 Å². The zero-order valence-corrected chi connectivity index (χ0v) is 17.0. The van der Waals surface area contributed by atoms with Crippen molar-refractivity contribution in [3.63, 3.8) is 0 Å². The van der Waals surface area contributed by atoms with Gasteiger partial charge in [0.2, 0.25) is 5.88 Å². The lowest BCUT2D eigenvalue weighted by Crippen LogP contribution is -2.29. The molecule has 2 heterocycles. The zero-order chi connectivity index (χ0) is 24.1. The van der Waals surface area contributed by atoms with Crippen LogP contribution in [0.4, 0.5) is 31.1 Å². The third kappa shape index (κ3) is 4.24. The smallest absolute Gasteiger partial charge is 0.449 e. The molecule has 0 spiro atoms. The first-order valence-corrected chi connectivity index (χ1v) is 10.0. The molecule has 0 amide bonds. The minimum absolute atomic E-state index is 0.00214. The van der Waals surface area contributed by atoms with Gasteiger partial charge >= 0.3 is 27.9 Å². The van der Waals surface area contributed by atoms with Crippen LogP contribution in [0.5, 0.6) is 5.88 Å². The molecule has 0 saturated carbocycles. The molecule has 0 aliphatic carbocycles. The molecule has 8 nitrogen and oxygen atoms in total. The number of benzene rings is 1. The Kier molecular flexibility index (Phi) is 5.65. The summed E-state index contributed by atoms with van der Waals surface area (Å²) in [4.78, 5) is 12.2. The normalized spacial score (nSPS) is 12.9. The molecule has 0 fully saturated rings. The van der Waals surface area contributed by atoms with Gasteiger partial charge in [0.15, 0.2) is 5.69 Å². The van der Waals surface area contributed by atoms with E-state index in [0.29, 0.717) is 4.57 Å². The van der Waals surface area contributed by atoms with Crippen LogP contribution in [0.1, 0.15) is 12.6 Å². The molecule has 0 saturated heterocycles. The summed E-state index contributed by atoms with van der Waals surface area (Å²) in [5, 5.41) is 3.37. The second-order valence-corrected chi connectivity index (χ2v) is 7.85. The second kappa shape index (κ2) is 7.72. The Morgan fingerprint density at radius 1 is 1.09 bits per heavy atom. The Balaban J connectivity index is 2.17. The predicted octanol–water partition coefficient (Wildman–Crippen LogP) is 4.29. The van der Waals surface area contributed by atoms with Gasteiger partial charge < -0.3 is 8.92 Å². The molecule has 0 radical (unpaired) electrons. The minimum atomic E-state index is -6.12. The van der Waals surface area contributed by atoms with Crippen molar-refractivity contribution in [1.82, 2.24) is 14.3 Å². The van der Waals surface area contributed by atoms with E-state index in [2.05, 4.69) is 9.28 Å². The summed E-state index contributed by atoms with van der Waals surface area (Å²) in [6.07, 6.45) is -5.93. The average Bonchev–Trinajstić information content (AvgIpc) is 3.19. The van der Waals surface area contributed by atoms with Crippen molar-refractivity contribution in [1.29, 1.82) is 0 Å². The summed E-state index contributed by atoms with van der Waals surface area (Å²) in [6.45, 7) is 1.23. The van der Waals surface area contributed by atoms with E-state index in [-0.39, 0.29) is 28.8 Å². The van der Waals surface area contributed by atoms with Crippen molar-refractivity contribution in [3.05, 3.63) is 36.0 Å². The summed E-state index contributed by atoms with van der Waals surface area (Å²) < 4.78 is 110. The van der Waals surface area contributed by atoms with E-state index in [1.165, 1.54) is 32.2 Å². The predicted molar refractivity (Wildman–Crippen MR) is 97.2 cm³/mol. The maximum Gasteiger partial charge on any atom is 0.534 e. The van der Waals surface area contributed by atoms with Crippen molar-refractivity contribution < 1.29 is 48.5 Å². The van der Waals surface area contributed by atoms with Gasteiger partial charge in [0.05, 0.1) is 17.8 Å². The largest absolute Gasteiger partial charge is 0.534 e. The van der Waals surface area contributed by atoms with Gasteiger partial charge in [-0.2, -0.15) is 39.9 Å². The van der Waals surface area contributed by atoms with Crippen LogP contribution in [-0.4, -0.2) is 41.0 Å². The first-order chi connectivity index (χ1) is 14.7. The SMILES string of the molecule is CCOC(=O)n1c(OS(=O)(=O)C(F)(F)F)cc2cc(-c3cc(C(F)(F)F)nn3C)ccc21. The molecule has 0 bridgehead atoms. The lowest BCUT2D eigenvalue weighted by molar-refractivity contribution is -0.141. The van der Waals surface area contributed by atoms with Crippen LogP contribution in [0.25, 0.3) is 22.2 Å². The maximum atomic E-state index is 12.9. The molecule has 0 unspecified atom stereocenters. The van der Waals surface area contributed by atoms with Crippen LogP contribution in [-0.2, 0) is 28.1 Å². The van der Waals surface area contributed by atoms with Crippen LogP contribution < -0.4 is 4.18 Å². The van der Waals surface area contributed by atoms with Gasteiger partial charge in [-0.3, -0.25) is 4.68 Å². The third-order valence-electron chi connectivity index (χ3n) is 4.16. The van der Waals surface area contributed by atoms with E-state index in [4.69, 9.17) is 4.74 Å². The molecule has 174 valence electrons. The van der Waals surface area contributed by atoms with E-state index in [1.54, 1.807) is 0 Å². The van der Waals surface area contributed by atoms with Gasteiger partial charge in [-0.1, -0.05) is 6.07 Å². The average molecular weight is 485 g/mol. The summed E-state index contributed by atoms with van der Waals surface area (Å²) in [5.74, 6) is -1.01. The number of rotatable bonds is 4. The first kappa shape index (κ1) is 23.4. The van der Waals surface area contributed by atoms with Crippen molar-refractivity contribution in [2.75, 3.05) is 6.61 Å². The Hall–Kier alpha value is -3.23. The standard InChI is InChI=1S/C17H13F6N3O5S/c1-3-30-15(27)26-11-5-4-9(12-8-13(16(18,19)20)24-25(12)2)6-10(11)7-14(26)31-32(28,29)17(21,22)23/h4-8H,3H2,1-2H3. The molecule has 0 atom stereocenters. The molecule has 2 aromatic heterocycles. The Morgan fingerprint density at radius 2 is 1.75 bits per heavy atom. The lowest BCUT2D eigenvalue weighted by Gasteiger charge is -2.11. The van der Waals surface area contributed by atoms with Crippen molar-refractivity contribution in [2.45, 2.75) is 18.6 Å². The number of fused-ring (bicyclic) bond motifs is 1.